The normalized spacial score (nSPS) is 11.4. The van der Waals surface area contributed by atoms with Crippen LogP contribution in [0.5, 0.6) is 0 Å². The molecule has 0 aliphatic carbocycles. The molecule has 0 aliphatic rings. The molecule has 152 valence electrons. The number of hydrogen-bond donors (Lipinski definition) is 0. The zero-order chi connectivity index (χ0) is 21.4. The average Bonchev–Trinajstić information content (AvgIpc) is 2.72. The van der Waals surface area contributed by atoms with E-state index < -0.39 is 0 Å². The van der Waals surface area contributed by atoms with Gasteiger partial charge in [0.25, 0.3) is 0 Å². The molecule has 4 aromatic rings. The molecule has 0 fully saturated rings. The highest BCUT2D eigenvalue weighted by Gasteiger charge is 2.21. The summed E-state index contributed by atoms with van der Waals surface area (Å²) >= 11 is 0. The minimum absolute atomic E-state index is 0.662. The minimum Gasteiger partial charge on any atom is -0.198 e. The Morgan fingerprint density at radius 2 is 1.53 bits per heavy atom. The van der Waals surface area contributed by atoms with Crippen molar-refractivity contribution in [1.82, 2.24) is 0 Å². The molecule has 1 nitrogen and oxygen atoms in total. The zero-order valence-electron chi connectivity index (χ0n) is 19.1. The van der Waals surface area contributed by atoms with Crippen LogP contribution in [-0.2, 0) is 13.5 Å². The first-order valence-corrected chi connectivity index (χ1v) is 10.9. The summed E-state index contributed by atoms with van der Waals surface area (Å²) in [5, 5.41) is 2.66. The Hall–Kier alpha value is -2.93. The molecule has 4 rings (SSSR count). The molecule has 0 atom stereocenters. The smallest absolute Gasteiger partial charge is 0.198 e. The van der Waals surface area contributed by atoms with Crippen molar-refractivity contribution in [3.05, 3.63) is 89.1 Å². The standard InChI is InChI=1S/C29H32N/c1-19(2)14-23-12-13-27-26(17-23)16-21(4)30(6)29(27)28-18-25(15-20(3)22(28)5)24-10-8-7-9-11-24/h7-13,15-19H,14H2,1-6H3/q+1. The van der Waals surface area contributed by atoms with Crippen LogP contribution >= 0.6 is 0 Å². The monoisotopic (exact) mass is 394 g/mol. The highest BCUT2D eigenvalue weighted by atomic mass is 14.9. The Morgan fingerprint density at radius 1 is 0.800 bits per heavy atom. The van der Waals surface area contributed by atoms with Crippen molar-refractivity contribution in [3.8, 4) is 22.4 Å². The lowest BCUT2D eigenvalue weighted by Crippen LogP contribution is -2.35. The SMILES string of the molecule is Cc1cc(-c2ccccc2)cc(-c2c3ccc(CC(C)C)cc3cc(C)[n+]2C)c1C. The first-order chi connectivity index (χ1) is 14.3. The number of nitrogens with zero attached hydrogens (tertiary/aromatic N) is 1. The molecule has 1 heteroatoms. The second-order valence-corrected chi connectivity index (χ2v) is 9.04. The number of fused-ring (bicyclic) bond motifs is 1. The van der Waals surface area contributed by atoms with Gasteiger partial charge in [-0.3, -0.25) is 0 Å². The molecule has 1 aromatic heterocycles. The van der Waals surface area contributed by atoms with Crippen molar-refractivity contribution in [2.45, 2.75) is 41.0 Å². The fraction of sp³-hybridized carbons (Fsp3) is 0.276. The third-order valence-electron chi connectivity index (χ3n) is 6.27. The molecule has 1 heterocycles. The number of rotatable bonds is 4. The molecule has 0 spiro atoms. The molecule has 3 aromatic carbocycles. The molecular formula is C29H32N+. The van der Waals surface area contributed by atoms with Crippen molar-refractivity contribution in [1.29, 1.82) is 0 Å². The fourth-order valence-electron chi connectivity index (χ4n) is 4.45. The number of aromatic nitrogens is 1. The Bertz CT molecular complexity index is 1220. The summed E-state index contributed by atoms with van der Waals surface area (Å²) in [5.74, 6) is 0.662. The van der Waals surface area contributed by atoms with Crippen LogP contribution in [0.2, 0.25) is 0 Å². The Labute approximate surface area is 181 Å². The number of hydrogen-bond acceptors (Lipinski definition) is 0. The Balaban J connectivity index is 1.99. The Kier molecular flexibility index (Phi) is 5.47. The zero-order valence-corrected chi connectivity index (χ0v) is 19.1. The lowest BCUT2D eigenvalue weighted by atomic mass is 9.91. The molecule has 0 N–H and O–H groups in total. The molecule has 0 amide bonds. The van der Waals surface area contributed by atoms with Gasteiger partial charge in [0.15, 0.2) is 5.69 Å². The van der Waals surface area contributed by atoms with Gasteiger partial charge in [-0.05, 0) is 71.5 Å². The Morgan fingerprint density at radius 3 is 2.23 bits per heavy atom. The molecule has 0 unspecified atom stereocenters. The first kappa shape index (κ1) is 20.3. The summed E-state index contributed by atoms with van der Waals surface area (Å²) in [5.41, 5.74) is 10.5. The van der Waals surface area contributed by atoms with E-state index >= 15 is 0 Å². The van der Waals surface area contributed by atoms with Gasteiger partial charge in [-0.2, -0.15) is 4.57 Å². The maximum absolute atomic E-state index is 2.38. The predicted octanol–water partition coefficient (Wildman–Crippen LogP) is 7.12. The highest BCUT2D eigenvalue weighted by Crippen LogP contribution is 2.34. The summed E-state index contributed by atoms with van der Waals surface area (Å²) in [4.78, 5) is 0. The second kappa shape index (κ2) is 8.07. The van der Waals surface area contributed by atoms with Crippen LogP contribution in [0.25, 0.3) is 33.2 Å². The van der Waals surface area contributed by atoms with Crippen molar-refractivity contribution in [2.24, 2.45) is 13.0 Å². The lowest BCUT2D eigenvalue weighted by molar-refractivity contribution is -0.665. The molecular weight excluding hydrogens is 362 g/mol. The van der Waals surface area contributed by atoms with E-state index in [9.17, 15) is 0 Å². The van der Waals surface area contributed by atoms with Gasteiger partial charge in [-0.25, -0.2) is 0 Å². The fourth-order valence-corrected chi connectivity index (χ4v) is 4.45. The van der Waals surface area contributed by atoms with E-state index in [-0.39, 0.29) is 0 Å². The summed E-state index contributed by atoms with van der Waals surface area (Å²) in [7, 11) is 2.19. The molecule has 0 radical (unpaired) electrons. The summed E-state index contributed by atoms with van der Waals surface area (Å²) in [6.07, 6.45) is 1.12. The third-order valence-corrected chi connectivity index (χ3v) is 6.27. The van der Waals surface area contributed by atoms with Crippen LogP contribution in [0.4, 0.5) is 0 Å². The topological polar surface area (TPSA) is 3.88 Å². The van der Waals surface area contributed by atoms with Gasteiger partial charge in [0, 0.05) is 13.0 Å². The minimum atomic E-state index is 0.662. The quantitative estimate of drug-likeness (QED) is 0.324. The van der Waals surface area contributed by atoms with Gasteiger partial charge in [-0.15, -0.1) is 0 Å². The molecule has 0 saturated carbocycles. The second-order valence-electron chi connectivity index (χ2n) is 9.04. The van der Waals surface area contributed by atoms with Gasteiger partial charge in [0.2, 0.25) is 5.69 Å². The van der Waals surface area contributed by atoms with Crippen molar-refractivity contribution < 1.29 is 4.57 Å². The summed E-state index contributed by atoms with van der Waals surface area (Å²) in [6, 6.07) is 24.7. The van der Waals surface area contributed by atoms with Gasteiger partial charge in [-0.1, -0.05) is 62.4 Å². The maximum Gasteiger partial charge on any atom is 0.220 e. The van der Waals surface area contributed by atoms with Gasteiger partial charge in [0.1, 0.15) is 7.05 Å². The lowest BCUT2D eigenvalue weighted by Gasteiger charge is -2.15. The number of pyridine rings is 1. The molecule has 0 saturated heterocycles. The van der Waals surface area contributed by atoms with Crippen molar-refractivity contribution >= 4 is 10.8 Å². The van der Waals surface area contributed by atoms with Gasteiger partial charge in [0.05, 0.1) is 10.9 Å². The maximum atomic E-state index is 2.38. The third kappa shape index (κ3) is 3.77. The van der Waals surface area contributed by atoms with E-state index in [1.807, 2.05) is 0 Å². The molecule has 0 bridgehead atoms. The van der Waals surface area contributed by atoms with Crippen LogP contribution in [0, 0.1) is 26.7 Å². The van der Waals surface area contributed by atoms with E-state index in [1.54, 1.807) is 0 Å². The number of benzene rings is 3. The van der Waals surface area contributed by atoms with Crippen LogP contribution in [0.1, 0.15) is 36.2 Å². The van der Waals surface area contributed by atoms with Gasteiger partial charge >= 0.3 is 0 Å². The van der Waals surface area contributed by atoms with Crippen molar-refractivity contribution in [3.63, 3.8) is 0 Å². The largest absolute Gasteiger partial charge is 0.220 e. The number of aryl methyl sites for hydroxylation is 2. The van der Waals surface area contributed by atoms with E-state index in [0.717, 1.165) is 6.42 Å². The van der Waals surface area contributed by atoms with E-state index in [4.69, 9.17) is 0 Å². The van der Waals surface area contributed by atoms with Crippen LogP contribution in [0.3, 0.4) is 0 Å². The van der Waals surface area contributed by atoms with E-state index in [1.165, 1.54) is 55.5 Å². The van der Waals surface area contributed by atoms with E-state index in [0.29, 0.717) is 5.92 Å². The van der Waals surface area contributed by atoms with Crippen LogP contribution < -0.4 is 4.57 Å². The molecule has 30 heavy (non-hydrogen) atoms. The van der Waals surface area contributed by atoms with E-state index in [2.05, 4.69) is 113 Å². The van der Waals surface area contributed by atoms with Crippen LogP contribution in [-0.4, -0.2) is 0 Å². The van der Waals surface area contributed by atoms with Crippen LogP contribution in [0.15, 0.2) is 66.7 Å². The highest BCUT2D eigenvalue weighted by molar-refractivity contribution is 5.95. The molecule has 0 aliphatic heterocycles. The summed E-state index contributed by atoms with van der Waals surface area (Å²) < 4.78 is 2.35. The van der Waals surface area contributed by atoms with Crippen molar-refractivity contribution in [2.75, 3.05) is 0 Å². The van der Waals surface area contributed by atoms with Gasteiger partial charge < -0.3 is 0 Å². The average molecular weight is 395 g/mol. The first-order valence-electron chi connectivity index (χ1n) is 10.9. The summed E-state index contributed by atoms with van der Waals surface area (Å²) in [6.45, 7) is 11.3. The predicted molar refractivity (Wildman–Crippen MR) is 129 cm³/mol.